The topological polar surface area (TPSA) is 78.9 Å². The van der Waals surface area contributed by atoms with Gasteiger partial charge in [-0.2, -0.15) is 0 Å². The minimum absolute atomic E-state index is 0.172. The number of hydrogen-bond donors (Lipinski definition) is 0. The van der Waals surface area contributed by atoms with Gasteiger partial charge in [0.15, 0.2) is 17.3 Å². The summed E-state index contributed by atoms with van der Waals surface area (Å²) in [4.78, 5) is 17.9. The first-order valence-corrected chi connectivity index (χ1v) is 12.2. The van der Waals surface area contributed by atoms with Crippen LogP contribution in [-0.4, -0.2) is 83.0 Å². The Hall–Kier alpha value is -3.27. The Morgan fingerprint density at radius 2 is 1.72 bits per heavy atom. The maximum absolute atomic E-state index is 13.2. The monoisotopic (exact) mass is 496 g/mol. The minimum atomic E-state index is -0.172. The average Bonchev–Trinajstić information content (AvgIpc) is 3.24. The van der Waals surface area contributed by atoms with E-state index in [0.29, 0.717) is 47.4 Å². The molecule has 9 nitrogen and oxygen atoms in total. The molecule has 0 aromatic heterocycles. The molecular weight excluding hydrogens is 464 g/mol. The van der Waals surface area contributed by atoms with Gasteiger partial charge in [0.1, 0.15) is 18.2 Å². The number of ketones is 1. The molecule has 0 atom stereocenters. The third-order valence-corrected chi connectivity index (χ3v) is 6.76. The number of Topliss-reactive ketones (excluding diaryl/α,β-unsaturated/α-hetero) is 1. The van der Waals surface area contributed by atoms with E-state index in [1.807, 2.05) is 12.1 Å². The van der Waals surface area contributed by atoms with Crippen LogP contribution in [0.5, 0.6) is 28.7 Å². The maximum Gasteiger partial charge on any atom is 0.231 e. The molecule has 0 spiro atoms. The van der Waals surface area contributed by atoms with Crippen molar-refractivity contribution in [2.75, 3.05) is 67.5 Å². The number of hydrogen-bond acceptors (Lipinski definition) is 9. The molecule has 0 saturated carbocycles. The summed E-state index contributed by atoms with van der Waals surface area (Å²) in [5.41, 5.74) is 2.10. The highest BCUT2D eigenvalue weighted by atomic mass is 16.5. The van der Waals surface area contributed by atoms with Crippen LogP contribution in [0.1, 0.15) is 27.9 Å². The van der Waals surface area contributed by atoms with Gasteiger partial charge < -0.3 is 28.4 Å². The molecule has 0 amide bonds. The fourth-order valence-electron chi connectivity index (χ4n) is 4.87. The number of fused-ring (bicyclic) bond motifs is 3. The number of methoxy groups -OCH3 is 3. The first-order chi connectivity index (χ1) is 17.6. The molecule has 0 radical (unpaired) electrons. The van der Waals surface area contributed by atoms with Crippen molar-refractivity contribution in [2.24, 2.45) is 0 Å². The molecular formula is C27H32N2O7. The smallest absolute Gasteiger partial charge is 0.231 e. The van der Waals surface area contributed by atoms with Crippen LogP contribution >= 0.6 is 0 Å². The third-order valence-electron chi connectivity index (χ3n) is 6.76. The number of carbonyl (C=O) groups excluding carboxylic acids is 1. The van der Waals surface area contributed by atoms with Gasteiger partial charge in [0.2, 0.25) is 11.5 Å². The van der Waals surface area contributed by atoms with Crippen molar-refractivity contribution < 1.29 is 33.2 Å². The molecule has 1 saturated heterocycles. The maximum atomic E-state index is 13.2. The number of nitrogens with zero attached hydrogens (tertiary/aromatic N) is 2. The number of ether oxygens (including phenoxy) is 6. The molecule has 5 rings (SSSR count). The number of morpholine rings is 1. The van der Waals surface area contributed by atoms with Gasteiger partial charge in [-0.1, -0.05) is 0 Å². The molecule has 0 N–H and O–H groups in total. The van der Waals surface area contributed by atoms with E-state index < -0.39 is 0 Å². The SMILES string of the molecule is COc1ccc(/C=C2\Oc3c(ccc4c3CN(CCCN3CCOCC3)CO4)C2=O)c(OC)c1OC. The van der Waals surface area contributed by atoms with Crippen molar-refractivity contribution in [1.82, 2.24) is 9.80 Å². The molecule has 9 heteroatoms. The van der Waals surface area contributed by atoms with Gasteiger partial charge in [0.05, 0.1) is 45.7 Å². The molecule has 36 heavy (non-hydrogen) atoms. The van der Waals surface area contributed by atoms with Crippen molar-refractivity contribution in [3.05, 3.63) is 46.7 Å². The highest BCUT2D eigenvalue weighted by Gasteiger charge is 2.34. The molecule has 0 unspecified atom stereocenters. The quantitative estimate of drug-likeness (QED) is 0.512. The number of carbonyl (C=O) groups is 1. The van der Waals surface area contributed by atoms with Crippen LogP contribution in [0.25, 0.3) is 6.08 Å². The average molecular weight is 497 g/mol. The largest absolute Gasteiger partial charge is 0.493 e. The summed E-state index contributed by atoms with van der Waals surface area (Å²) in [7, 11) is 4.66. The summed E-state index contributed by atoms with van der Waals surface area (Å²) in [6.45, 7) is 6.72. The first kappa shape index (κ1) is 24.4. The van der Waals surface area contributed by atoms with E-state index in [1.165, 1.54) is 0 Å². The lowest BCUT2D eigenvalue weighted by atomic mass is 10.0. The highest BCUT2D eigenvalue weighted by Crippen LogP contribution is 2.44. The second-order valence-electron chi connectivity index (χ2n) is 8.92. The molecule has 0 bridgehead atoms. The lowest BCUT2D eigenvalue weighted by Gasteiger charge is -2.31. The molecule has 0 aliphatic carbocycles. The minimum Gasteiger partial charge on any atom is -0.493 e. The Kier molecular flexibility index (Phi) is 7.31. The molecule has 3 aliphatic heterocycles. The van der Waals surface area contributed by atoms with Crippen LogP contribution in [0.2, 0.25) is 0 Å². The first-order valence-electron chi connectivity index (χ1n) is 12.2. The predicted molar refractivity (Wildman–Crippen MR) is 133 cm³/mol. The summed E-state index contributed by atoms with van der Waals surface area (Å²) in [6, 6.07) is 7.21. The molecule has 3 heterocycles. The van der Waals surface area contributed by atoms with E-state index in [0.717, 1.165) is 57.1 Å². The second kappa shape index (κ2) is 10.8. The lowest BCUT2D eigenvalue weighted by Crippen LogP contribution is -2.39. The van der Waals surface area contributed by atoms with Gasteiger partial charge in [0, 0.05) is 31.7 Å². The lowest BCUT2D eigenvalue weighted by molar-refractivity contribution is 0.0329. The van der Waals surface area contributed by atoms with Crippen molar-refractivity contribution in [2.45, 2.75) is 13.0 Å². The molecule has 2 aromatic carbocycles. The van der Waals surface area contributed by atoms with Crippen LogP contribution < -0.4 is 23.7 Å². The molecule has 3 aliphatic rings. The van der Waals surface area contributed by atoms with Crippen molar-refractivity contribution >= 4 is 11.9 Å². The fraction of sp³-hybridized carbons (Fsp3) is 0.444. The second-order valence-corrected chi connectivity index (χ2v) is 8.92. The van der Waals surface area contributed by atoms with Gasteiger partial charge in [-0.05, 0) is 43.3 Å². The van der Waals surface area contributed by atoms with Crippen LogP contribution in [-0.2, 0) is 11.3 Å². The number of benzene rings is 2. The van der Waals surface area contributed by atoms with Crippen LogP contribution in [0, 0.1) is 0 Å². The predicted octanol–water partition coefficient (Wildman–Crippen LogP) is 3.20. The van der Waals surface area contributed by atoms with E-state index in [-0.39, 0.29) is 11.5 Å². The summed E-state index contributed by atoms with van der Waals surface area (Å²) >= 11 is 0. The summed E-state index contributed by atoms with van der Waals surface area (Å²) in [5, 5.41) is 0. The fourth-order valence-corrected chi connectivity index (χ4v) is 4.87. The zero-order valence-corrected chi connectivity index (χ0v) is 21.0. The molecule has 192 valence electrons. The van der Waals surface area contributed by atoms with Gasteiger partial charge in [-0.25, -0.2) is 0 Å². The van der Waals surface area contributed by atoms with E-state index in [4.69, 9.17) is 28.4 Å². The summed E-state index contributed by atoms with van der Waals surface area (Å²) < 4.78 is 34.0. The standard InChI is InChI=1S/C27H32N2O7/c1-31-22-7-5-18(25(32-2)27(22)33-3)15-23-24(30)19-6-8-21-20(26(19)36-23)16-29(17-35-21)10-4-9-28-11-13-34-14-12-28/h5-8,15H,4,9-14,16-17H2,1-3H3/b23-15-. The Labute approximate surface area is 211 Å². The normalized spacial score (nSPS) is 18.9. The third kappa shape index (κ3) is 4.74. The number of allylic oxidation sites excluding steroid dienone is 1. The number of rotatable bonds is 8. The van der Waals surface area contributed by atoms with Gasteiger partial charge >= 0.3 is 0 Å². The summed E-state index contributed by atoms with van der Waals surface area (Å²) in [5.74, 6) is 2.85. The highest BCUT2D eigenvalue weighted by molar-refractivity contribution is 6.15. The van der Waals surface area contributed by atoms with Crippen molar-refractivity contribution in [3.63, 3.8) is 0 Å². The van der Waals surface area contributed by atoms with E-state index in [1.54, 1.807) is 39.5 Å². The van der Waals surface area contributed by atoms with Gasteiger partial charge in [-0.15, -0.1) is 0 Å². The van der Waals surface area contributed by atoms with Crippen molar-refractivity contribution in [1.29, 1.82) is 0 Å². The van der Waals surface area contributed by atoms with E-state index in [9.17, 15) is 4.79 Å². The Bertz CT molecular complexity index is 1160. The zero-order valence-electron chi connectivity index (χ0n) is 21.0. The van der Waals surface area contributed by atoms with Crippen LogP contribution in [0.3, 0.4) is 0 Å². The molecule has 2 aromatic rings. The Morgan fingerprint density at radius 3 is 2.47 bits per heavy atom. The van der Waals surface area contributed by atoms with Crippen molar-refractivity contribution in [3.8, 4) is 28.7 Å². The summed E-state index contributed by atoms with van der Waals surface area (Å²) in [6.07, 6.45) is 2.72. The Morgan fingerprint density at radius 1 is 0.944 bits per heavy atom. The molecule has 1 fully saturated rings. The van der Waals surface area contributed by atoms with Crippen LogP contribution in [0.15, 0.2) is 30.0 Å². The van der Waals surface area contributed by atoms with Gasteiger partial charge in [-0.3, -0.25) is 14.6 Å². The van der Waals surface area contributed by atoms with Crippen LogP contribution in [0.4, 0.5) is 0 Å². The van der Waals surface area contributed by atoms with E-state index >= 15 is 0 Å². The Balaban J connectivity index is 1.34. The van der Waals surface area contributed by atoms with E-state index in [2.05, 4.69) is 9.80 Å². The zero-order chi connectivity index (χ0) is 25.1. The van der Waals surface area contributed by atoms with Gasteiger partial charge in [0.25, 0.3) is 0 Å².